The molecule has 17 heavy (non-hydrogen) atoms. The summed E-state index contributed by atoms with van der Waals surface area (Å²) in [6, 6.07) is 5.94. The van der Waals surface area contributed by atoms with Gasteiger partial charge in [-0.2, -0.15) is 0 Å². The predicted octanol–water partition coefficient (Wildman–Crippen LogP) is 2.18. The van der Waals surface area contributed by atoms with Crippen molar-refractivity contribution in [1.82, 2.24) is 10.2 Å². The normalized spacial score (nSPS) is 26.6. The topological polar surface area (TPSA) is 32.3 Å². The van der Waals surface area contributed by atoms with Crippen molar-refractivity contribution < 1.29 is 4.79 Å². The Bertz CT molecular complexity index is 478. The first-order valence-corrected chi connectivity index (χ1v) is 6.41. The summed E-state index contributed by atoms with van der Waals surface area (Å²) < 4.78 is 0. The van der Waals surface area contributed by atoms with E-state index in [2.05, 4.69) is 5.32 Å². The molecular weight excluding hydrogens is 259 g/mol. The van der Waals surface area contributed by atoms with Crippen LogP contribution in [-0.4, -0.2) is 36.0 Å². The third kappa shape index (κ3) is 1.82. The van der Waals surface area contributed by atoms with E-state index in [0.717, 1.165) is 19.5 Å². The van der Waals surface area contributed by atoms with E-state index < -0.39 is 0 Å². The molecule has 5 heteroatoms. The summed E-state index contributed by atoms with van der Waals surface area (Å²) in [5.41, 5.74) is 0.506. The number of piperazine rings is 1. The molecule has 1 aromatic rings. The zero-order valence-electron chi connectivity index (χ0n) is 9.12. The number of carbonyl (C=O) groups is 1. The van der Waals surface area contributed by atoms with Crippen molar-refractivity contribution in [2.45, 2.75) is 18.5 Å². The lowest BCUT2D eigenvalue weighted by molar-refractivity contribution is 0.0716. The molecule has 1 N–H and O–H groups in total. The van der Waals surface area contributed by atoms with Crippen LogP contribution in [0.25, 0.3) is 0 Å². The molecule has 2 aliphatic heterocycles. The van der Waals surface area contributed by atoms with Crippen molar-refractivity contribution in [3.8, 4) is 0 Å². The predicted molar refractivity (Wildman–Crippen MR) is 67.7 cm³/mol. The van der Waals surface area contributed by atoms with Gasteiger partial charge in [0.05, 0.1) is 15.6 Å². The fraction of sp³-hybridized carbons (Fsp3) is 0.417. The standard InChI is InChI=1S/C12H12Cl2N2O/c13-10-3-1-2-9(11(10)14)12(17)16-6-7-4-8(16)5-15-7/h1-3,7-8,15H,4-6H2/t7-,8-/m1/s1. The molecule has 90 valence electrons. The Morgan fingerprint density at radius 1 is 1.41 bits per heavy atom. The second-order valence-corrected chi connectivity index (χ2v) is 5.34. The summed E-state index contributed by atoms with van der Waals surface area (Å²) in [5, 5.41) is 4.15. The molecule has 0 spiro atoms. The Morgan fingerprint density at radius 2 is 2.24 bits per heavy atom. The molecule has 0 aliphatic carbocycles. The maximum Gasteiger partial charge on any atom is 0.255 e. The SMILES string of the molecule is O=C(c1cccc(Cl)c1Cl)N1C[C@H]2C[C@@H]1CN2. The quantitative estimate of drug-likeness (QED) is 0.849. The third-order valence-electron chi connectivity index (χ3n) is 3.50. The average molecular weight is 271 g/mol. The van der Waals surface area contributed by atoms with Crippen molar-refractivity contribution in [3.05, 3.63) is 33.8 Å². The van der Waals surface area contributed by atoms with Gasteiger partial charge in [-0.1, -0.05) is 29.3 Å². The summed E-state index contributed by atoms with van der Waals surface area (Å²) in [5.74, 6) is -0.00787. The van der Waals surface area contributed by atoms with Gasteiger partial charge in [0.1, 0.15) is 0 Å². The molecule has 0 aromatic heterocycles. The number of benzene rings is 1. The Balaban J connectivity index is 1.89. The first-order valence-electron chi connectivity index (χ1n) is 5.65. The molecule has 2 aliphatic rings. The molecular formula is C12H12Cl2N2O. The zero-order chi connectivity index (χ0) is 12.0. The number of rotatable bonds is 1. The van der Waals surface area contributed by atoms with Crippen molar-refractivity contribution >= 4 is 29.1 Å². The van der Waals surface area contributed by atoms with Crippen LogP contribution in [0.1, 0.15) is 16.8 Å². The lowest BCUT2D eigenvalue weighted by Gasteiger charge is -2.27. The summed E-state index contributed by atoms with van der Waals surface area (Å²) in [6.07, 6.45) is 1.05. The first-order chi connectivity index (χ1) is 8.16. The van der Waals surface area contributed by atoms with Crippen molar-refractivity contribution in [3.63, 3.8) is 0 Å². The van der Waals surface area contributed by atoms with Crippen LogP contribution in [-0.2, 0) is 0 Å². The van der Waals surface area contributed by atoms with Crippen molar-refractivity contribution in [1.29, 1.82) is 0 Å². The van der Waals surface area contributed by atoms with Crippen LogP contribution in [0.15, 0.2) is 18.2 Å². The van der Waals surface area contributed by atoms with Gasteiger partial charge in [-0.3, -0.25) is 4.79 Å². The number of amides is 1. The van der Waals surface area contributed by atoms with Gasteiger partial charge >= 0.3 is 0 Å². The minimum absolute atomic E-state index is 0.00787. The first kappa shape index (κ1) is 11.3. The number of nitrogens with one attached hydrogen (secondary N) is 1. The molecule has 2 heterocycles. The highest BCUT2D eigenvalue weighted by molar-refractivity contribution is 6.43. The molecule has 0 radical (unpaired) electrons. The lowest BCUT2D eigenvalue weighted by atomic mass is 10.1. The van der Waals surface area contributed by atoms with E-state index in [1.54, 1.807) is 18.2 Å². The van der Waals surface area contributed by atoms with E-state index in [1.807, 2.05) is 4.90 Å². The van der Waals surface area contributed by atoms with Gasteiger partial charge in [0.15, 0.2) is 0 Å². The molecule has 1 aromatic carbocycles. The van der Waals surface area contributed by atoms with Gasteiger partial charge in [0.25, 0.3) is 5.91 Å². The molecule has 0 unspecified atom stereocenters. The Kier molecular flexibility index (Phi) is 2.77. The Labute approximate surface area is 110 Å². The minimum atomic E-state index is -0.00787. The van der Waals surface area contributed by atoms with E-state index >= 15 is 0 Å². The van der Waals surface area contributed by atoms with Crippen LogP contribution < -0.4 is 5.32 Å². The molecule has 2 saturated heterocycles. The minimum Gasteiger partial charge on any atom is -0.333 e. The molecule has 2 bridgehead atoms. The average Bonchev–Trinajstić information content (AvgIpc) is 2.94. The van der Waals surface area contributed by atoms with Crippen LogP contribution in [0.3, 0.4) is 0 Å². The number of hydrogen-bond acceptors (Lipinski definition) is 2. The highest BCUT2D eigenvalue weighted by Gasteiger charge is 2.40. The van der Waals surface area contributed by atoms with E-state index in [0.29, 0.717) is 27.7 Å². The summed E-state index contributed by atoms with van der Waals surface area (Å²) in [7, 11) is 0. The van der Waals surface area contributed by atoms with Gasteiger partial charge in [0.2, 0.25) is 0 Å². The zero-order valence-corrected chi connectivity index (χ0v) is 10.6. The van der Waals surface area contributed by atoms with Gasteiger partial charge in [-0.15, -0.1) is 0 Å². The van der Waals surface area contributed by atoms with Crippen LogP contribution in [0.2, 0.25) is 10.0 Å². The van der Waals surface area contributed by atoms with Gasteiger partial charge in [0, 0.05) is 25.2 Å². The lowest BCUT2D eigenvalue weighted by Crippen LogP contribution is -2.46. The van der Waals surface area contributed by atoms with Gasteiger partial charge in [-0.25, -0.2) is 0 Å². The molecule has 3 rings (SSSR count). The second kappa shape index (κ2) is 4.16. The Hall–Kier alpha value is -0.770. The van der Waals surface area contributed by atoms with Crippen molar-refractivity contribution in [2.24, 2.45) is 0 Å². The summed E-state index contributed by atoms with van der Waals surface area (Å²) >= 11 is 12.0. The van der Waals surface area contributed by atoms with E-state index in [1.165, 1.54) is 0 Å². The number of halogens is 2. The van der Waals surface area contributed by atoms with E-state index in [9.17, 15) is 4.79 Å². The molecule has 2 fully saturated rings. The highest BCUT2D eigenvalue weighted by Crippen LogP contribution is 2.30. The Morgan fingerprint density at radius 3 is 2.88 bits per heavy atom. The van der Waals surface area contributed by atoms with Crippen LogP contribution >= 0.6 is 23.2 Å². The fourth-order valence-corrected chi connectivity index (χ4v) is 3.01. The van der Waals surface area contributed by atoms with E-state index in [4.69, 9.17) is 23.2 Å². The number of nitrogens with zero attached hydrogens (tertiary/aromatic N) is 1. The maximum absolute atomic E-state index is 12.4. The van der Waals surface area contributed by atoms with Crippen LogP contribution in [0.5, 0.6) is 0 Å². The second-order valence-electron chi connectivity index (χ2n) is 4.55. The van der Waals surface area contributed by atoms with Crippen LogP contribution in [0.4, 0.5) is 0 Å². The number of fused-ring (bicyclic) bond motifs is 2. The molecule has 2 atom stereocenters. The van der Waals surface area contributed by atoms with Crippen molar-refractivity contribution in [2.75, 3.05) is 13.1 Å². The van der Waals surface area contributed by atoms with E-state index in [-0.39, 0.29) is 5.91 Å². The van der Waals surface area contributed by atoms with Gasteiger partial charge in [-0.05, 0) is 18.6 Å². The molecule has 1 amide bonds. The third-order valence-corrected chi connectivity index (χ3v) is 4.32. The fourth-order valence-electron chi connectivity index (χ4n) is 2.63. The number of likely N-dealkylation sites (tertiary alicyclic amines) is 1. The highest BCUT2D eigenvalue weighted by atomic mass is 35.5. The molecule has 3 nitrogen and oxygen atoms in total. The van der Waals surface area contributed by atoms with Crippen LogP contribution in [0, 0.1) is 0 Å². The number of hydrogen-bond donors (Lipinski definition) is 1. The number of carbonyl (C=O) groups excluding carboxylic acids is 1. The van der Waals surface area contributed by atoms with Gasteiger partial charge < -0.3 is 10.2 Å². The largest absolute Gasteiger partial charge is 0.333 e. The monoisotopic (exact) mass is 270 g/mol. The molecule has 0 saturated carbocycles. The summed E-state index contributed by atoms with van der Waals surface area (Å²) in [6.45, 7) is 1.65. The summed E-state index contributed by atoms with van der Waals surface area (Å²) in [4.78, 5) is 14.3. The smallest absolute Gasteiger partial charge is 0.255 e. The maximum atomic E-state index is 12.4.